The maximum absolute atomic E-state index is 12.3. The van der Waals surface area contributed by atoms with E-state index < -0.39 is 5.92 Å². The molecule has 0 aliphatic heterocycles. The monoisotopic (exact) mass is 344 g/mol. The van der Waals surface area contributed by atoms with Crippen molar-refractivity contribution in [3.63, 3.8) is 0 Å². The van der Waals surface area contributed by atoms with E-state index in [2.05, 4.69) is 30.3 Å². The van der Waals surface area contributed by atoms with Crippen molar-refractivity contribution in [3.8, 4) is 0 Å². The highest BCUT2D eigenvalue weighted by molar-refractivity contribution is 8.14. The van der Waals surface area contributed by atoms with Crippen molar-refractivity contribution in [2.45, 2.75) is 5.75 Å². The van der Waals surface area contributed by atoms with Gasteiger partial charge < -0.3 is 0 Å². The zero-order valence-electron chi connectivity index (χ0n) is 13.5. The second-order valence-electron chi connectivity index (χ2n) is 6.03. The fourth-order valence-electron chi connectivity index (χ4n) is 3.22. The Hall–Kier alpha value is -2.65. The zero-order chi connectivity index (χ0) is 17.2. The highest BCUT2D eigenvalue weighted by Gasteiger charge is 2.23. The highest BCUT2D eigenvalue weighted by atomic mass is 32.2. The molecule has 0 spiro atoms. The number of hydrogen-bond acceptors (Lipinski definition) is 3. The maximum Gasteiger partial charge on any atom is 0.256 e. The lowest BCUT2D eigenvalue weighted by Gasteiger charge is -2.11. The van der Waals surface area contributed by atoms with E-state index in [1.54, 1.807) is 24.3 Å². The molecule has 122 valence electrons. The van der Waals surface area contributed by atoms with Crippen LogP contribution in [-0.4, -0.2) is 10.9 Å². The lowest BCUT2D eigenvalue weighted by molar-refractivity contribution is -0.132. The van der Waals surface area contributed by atoms with Crippen LogP contribution in [0.3, 0.4) is 0 Å². The van der Waals surface area contributed by atoms with Gasteiger partial charge in [0, 0.05) is 5.75 Å². The van der Waals surface area contributed by atoms with E-state index in [1.807, 2.05) is 24.3 Å². The minimum Gasteiger partial charge on any atom is -0.289 e. The molecule has 0 fully saturated rings. The summed E-state index contributed by atoms with van der Waals surface area (Å²) in [5.41, 5.74) is 1.11. The minimum absolute atomic E-state index is 0.348. The Kier molecular flexibility index (Phi) is 4.24. The Morgan fingerprint density at radius 2 is 1.40 bits per heavy atom. The largest absolute Gasteiger partial charge is 0.289 e. The first-order chi connectivity index (χ1) is 12.2. The van der Waals surface area contributed by atoms with Crippen LogP contribution in [0.5, 0.6) is 0 Å². The van der Waals surface area contributed by atoms with Crippen LogP contribution >= 0.6 is 11.8 Å². The van der Waals surface area contributed by atoms with Crippen LogP contribution in [-0.2, 0) is 15.3 Å². The van der Waals surface area contributed by atoms with E-state index in [9.17, 15) is 9.59 Å². The molecule has 0 amide bonds. The summed E-state index contributed by atoms with van der Waals surface area (Å²) in [4.78, 5) is 24.5. The third-order valence-electron chi connectivity index (χ3n) is 4.48. The van der Waals surface area contributed by atoms with Gasteiger partial charge in [-0.15, -0.1) is 0 Å². The summed E-state index contributed by atoms with van der Waals surface area (Å²) in [6, 6.07) is 18.5. The molecular weight excluding hydrogens is 328 g/mol. The smallest absolute Gasteiger partial charge is 0.256 e. The molecule has 3 heteroatoms. The van der Waals surface area contributed by atoms with Gasteiger partial charge in [0.1, 0.15) is 0 Å². The fourth-order valence-corrected chi connectivity index (χ4v) is 4.08. The Bertz CT molecular complexity index is 980. The van der Waals surface area contributed by atoms with E-state index in [0.717, 1.165) is 38.9 Å². The molecule has 4 rings (SSSR count). The van der Waals surface area contributed by atoms with Crippen molar-refractivity contribution >= 4 is 44.2 Å². The molecule has 2 nitrogen and oxygen atoms in total. The summed E-state index contributed by atoms with van der Waals surface area (Å²) in [6.45, 7) is 0. The number of hydrogen-bond donors (Lipinski definition) is 0. The van der Waals surface area contributed by atoms with E-state index in [-0.39, 0.29) is 10.9 Å². The number of benzene rings is 3. The summed E-state index contributed by atoms with van der Waals surface area (Å²) in [5, 5.41) is 4.19. The number of Topliss-reactive ketones (excluding diaryl/α,β-unsaturated/α-hetero) is 1. The Morgan fingerprint density at radius 1 is 0.840 bits per heavy atom. The number of carbonyl (C=O) groups excluding carboxylic acids is 2. The molecule has 0 aromatic heterocycles. The van der Waals surface area contributed by atoms with Crippen LogP contribution in [0.4, 0.5) is 0 Å². The van der Waals surface area contributed by atoms with Gasteiger partial charge in [-0.05, 0) is 33.2 Å². The molecule has 0 atom stereocenters. The maximum atomic E-state index is 12.3. The lowest BCUT2D eigenvalue weighted by atomic mass is 9.98. The number of thioether (sulfide) groups is 1. The van der Waals surface area contributed by atoms with Crippen molar-refractivity contribution < 1.29 is 9.59 Å². The molecule has 0 unspecified atom stereocenters. The van der Waals surface area contributed by atoms with Gasteiger partial charge in [0.15, 0.2) is 0 Å². The Balaban J connectivity index is 1.68. The molecule has 1 aliphatic carbocycles. The van der Waals surface area contributed by atoms with E-state index in [0.29, 0.717) is 5.75 Å². The third-order valence-corrected chi connectivity index (χ3v) is 5.38. The molecule has 1 aliphatic rings. The van der Waals surface area contributed by atoms with Gasteiger partial charge in [0.05, 0.1) is 5.92 Å². The normalized spacial score (nSPS) is 13.8. The average molecular weight is 344 g/mol. The predicted molar refractivity (Wildman–Crippen MR) is 105 cm³/mol. The van der Waals surface area contributed by atoms with Crippen LogP contribution in [0, 0.1) is 5.92 Å². The van der Waals surface area contributed by atoms with Crippen molar-refractivity contribution in [2.24, 2.45) is 5.92 Å². The fraction of sp³-hybridized carbons (Fsp3) is 0.0909. The van der Waals surface area contributed by atoms with Gasteiger partial charge in [-0.1, -0.05) is 84.6 Å². The van der Waals surface area contributed by atoms with E-state index >= 15 is 0 Å². The second-order valence-corrected chi connectivity index (χ2v) is 6.98. The lowest BCUT2D eigenvalue weighted by Crippen LogP contribution is -2.17. The number of fused-ring (bicyclic) bond motifs is 2. The molecule has 3 aromatic rings. The van der Waals surface area contributed by atoms with Crippen LogP contribution < -0.4 is 0 Å². The molecule has 3 aromatic carbocycles. The third kappa shape index (κ3) is 3.03. The molecule has 0 saturated carbocycles. The van der Waals surface area contributed by atoms with Gasteiger partial charge in [-0.2, -0.15) is 0 Å². The van der Waals surface area contributed by atoms with Gasteiger partial charge in [0.25, 0.3) is 5.12 Å². The van der Waals surface area contributed by atoms with Crippen LogP contribution in [0.2, 0.25) is 0 Å². The summed E-state index contributed by atoms with van der Waals surface area (Å²) in [6.07, 6.45) is 7.12. The van der Waals surface area contributed by atoms with Crippen molar-refractivity contribution in [2.75, 3.05) is 0 Å². The van der Waals surface area contributed by atoms with Crippen molar-refractivity contribution in [1.29, 1.82) is 0 Å². The molecular formula is C22H16O2S. The number of allylic oxidation sites excluding steroid dienone is 4. The summed E-state index contributed by atoms with van der Waals surface area (Å²) >= 11 is 1.10. The first kappa shape index (κ1) is 15.9. The molecule has 0 radical (unpaired) electrons. The topological polar surface area (TPSA) is 34.1 Å². The van der Waals surface area contributed by atoms with E-state index in [1.165, 1.54) is 0 Å². The Labute approximate surface area is 150 Å². The summed E-state index contributed by atoms with van der Waals surface area (Å²) < 4.78 is 0. The molecule has 25 heavy (non-hydrogen) atoms. The molecule has 0 saturated heterocycles. The predicted octanol–water partition coefficient (Wildman–Crippen LogP) is 5.06. The number of ketones is 1. The van der Waals surface area contributed by atoms with E-state index in [4.69, 9.17) is 0 Å². The SMILES string of the molecule is O=C(SCc1c2ccccc2cc2ccccc12)C(=O)C1C=CC=C1. The van der Waals surface area contributed by atoms with Gasteiger partial charge in [-0.25, -0.2) is 0 Å². The summed E-state index contributed by atoms with van der Waals surface area (Å²) in [7, 11) is 0. The van der Waals surface area contributed by atoms with Crippen LogP contribution in [0.1, 0.15) is 5.56 Å². The molecule has 0 bridgehead atoms. The van der Waals surface area contributed by atoms with Crippen molar-refractivity contribution in [3.05, 3.63) is 84.5 Å². The standard InChI is InChI=1S/C22H16O2S/c23-21(15-7-1-2-8-15)22(24)25-14-20-18-11-5-3-9-16(18)13-17-10-4-6-12-19(17)20/h1-13,15H,14H2. The van der Waals surface area contributed by atoms with Gasteiger partial charge >= 0.3 is 0 Å². The zero-order valence-corrected chi connectivity index (χ0v) is 14.3. The molecule has 0 N–H and O–H groups in total. The minimum atomic E-state index is -0.399. The number of carbonyl (C=O) groups is 2. The highest BCUT2D eigenvalue weighted by Crippen LogP contribution is 2.31. The first-order valence-corrected chi connectivity index (χ1v) is 9.18. The van der Waals surface area contributed by atoms with Crippen LogP contribution in [0.25, 0.3) is 21.5 Å². The summed E-state index contributed by atoms with van der Waals surface area (Å²) in [5.74, 6) is -0.254. The Morgan fingerprint density at radius 3 is 2.00 bits per heavy atom. The quantitative estimate of drug-likeness (QED) is 0.490. The first-order valence-electron chi connectivity index (χ1n) is 8.19. The molecule has 0 heterocycles. The van der Waals surface area contributed by atoms with Gasteiger partial charge in [-0.3, -0.25) is 9.59 Å². The number of rotatable bonds is 4. The van der Waals surface area contributed by atoms with Gasteiger partial charge in [0.2, 0.25) is 5.78 Å². The van der Waals surface area contributed by atoms with Crippen molar-refractivity contribution in [1.82, 2.24) is 0 Å². The van der Waals surface area contributed by atoms with Crippen LogP contribution in [0.15, 0.2) is 78.9 Å². The average Bonchev–Trinajstić information content (AvgIpc) is 3.19. The second kappa shape index (κ2) is 6.69.